The minimum absolute atomic E-state index is 0.00688. The number of methoxy groups -OCH3 is 2. The predicted octanol–water partition coefficient (Wildman–Crippen LogP) is 0.911. The summed E-state index contributed by atoms with van der Waals surface area (Å²) < 4.78 is 15.4. The summed E-state index contributed by atoms with van der Waals surface area (Å²) in [5, 5.41) is 0. The Morgan fingerprint density at radius 2 is 1.95 bits per heavy atom. The van der Waals surface area contributed by atoms with Crippen molar-refractivity contribution in [3.63, 3.8) is 0 Å². The van der Waals surface area contributed by atoms with Crippen LogP contribution in [0.2, 0.25) is 0 Å². The van der Waals surface area contributed by atoms with Gasteiger partial charge in [-0.2, -0.15) is 0 Å². The van der Waals surface area contributed by atoms with Crippen LogP contribution in [0.1, 0.15) is 21.9 Å². The van der Waals surface area contributed by atoms with Gasteiger partial charge in [0.2, 0.25) is 5.91 Å². The molecule has 1 rings (SSSR count). The van der Waals surface area contributed by atoms with Crippen LogP contribution in [0.5, 0.6) is 0 Å². The van der Waals surface area contributed by atoms with E-state index in [2.05, 4.69) is 0 Å². The molecule has 7 heteroatoms. The molecule has 1 amide bonds. The molecule has 0 aliphatic heterocycles. The second kappa shape index (κ2) is 8.55. The van der Waals surface area contributed by atoms with Crippen molar-refractivity contribution in [3.05, 3.63) is 23.2 Å². The summed E-state index contributed by atoms with van der Waals surface area (Å²) in [7, 11) is 6.36. The number of likely N-dealkylation sites (N-methyl/N-ethyl adjacent to an activating group) is 1. The SMILES string of the molecule is COCCN(CC(=O)N(C)C)Cc1cc(C(=O)OC)c(C)o1. The highest BCUT2D eigenvalue weighted by Crippen LogP contribution is 2.17. The molecule has 0 radical (unpaired) electrons. The van der Waals surface area contributed by atoms with E-state index in [0.29, 0.717) is 36.8 Å². The first kappa shape index (κ1) is 18.2. The van der Waals surface area contributed by atoms with E-state index < -0.39 is 5.97 Å². The Morgan fingerprint density at radius 3 is 2.50 bits per heavy atom. The molecule has 0 unspecified atom stereocenters. The molecule has 1 heterocycles. The zero-order valence-corrected chi connectivity index (χ0v) is 13.8. The minimum Gasteiger partial charge on any atom is -0.465 e. The summed E-state index contributed by atoms with van der Waals surface area (Å²) in [5.74, 6) is 0.681. The molecule has 0 fully saturated rings. The van der Waals surface area contributed by atoms with Gasteiger partial charge in [-0.3, -0.25) is 9.69 Å². The maximum atomic E-state index is 11.9. The zero-order valence-electron chi connectivity index (χ0n) is 13.8. The standard InChI is InChI=1S/C15H24N2O5/c1-11-13(15(19)21-5)8-12(22-11)9-17(6-7-20-4)10-14(18)16(2)3/h8H,6-7,9-10H2,1-5H3. The van der Waals surface area contributed by atoms with Crippen molar-refractivity contribution < 1.29 is 23.5 Å². The monoisotopic (exact) mass is 312 g/mol. The van der Waals surface area contributed by atoms with Gasteiger partial charge in [0, 0.05) is 27.7 Å². The molecule has 0 aromatic carbocycles. The lowest BCUT2D eigenvalue weighted by Crippen LogP contribution is -2.37. The fourth-order valence-corrected chi connectivity index (χ4v) is 1.92. The van der Waals surface area contributed by atoms with E-state index in [1.165, 1.54) is 12.0 Å². The fraction of sp³-hybridized carbons (Fsp3) is 0.600. The number of rotatable bonds is 8. The smallest absolute Gasteiger partial charge is 0.341 e. The first-order valence-corrected chi connectivity index (χ1v) is 6.98. The van der Waals surface area contributed by atoms with Crippen LogP contribution < -0.4 is 0 Å². The molecule has 0 saturated heterocycles. The average Bonchev–Trinajstić information content (AvgIpc) is 2.84. The maximum absolute atomic E-state index is 11.9. The van der Waals surface area contributed by atoms with Gasteiger partial charge in [0.05, 0.1) is 26.8 Å². The van der Waals surface area contributed by atoms with Crippen LogP contribution in [-0.4, -0.2) is 69.7 Å². The van der Waals surface area contributed by atoms with Crippen LogP contribution in [0, 0.1) is 6.92 Å². The second-order valence-electron chi connectivity index (χ2n) is 5.17. The quantitative estimate of drug-likeness (QED) is 0.665. The number of carbonyl (C=O) groups is 2. The summed E-state index contributed by atoms with van der Waals surface area (Å²) in [4.78, 5) is 26.9. The Balaban J connectivity index is 2.80. The van der Waals surface area contributed by atoms with Crippen molar-refractivity contribution >= 4 is 11.9 Å². The van der Waals surface area contributed by atoms with Crippen LogP contribution in [-0.2, 0) is 20.8 Å². The topological polar surface area (TPSA) is 72.2 Å². The van der Waals surface area contributed by atoms with E-state index in [-0.39, 0.29) is 12.5 Å². The number of esters is 1. The van der Waals surface area contributed by atoms with Crippen LogP contribution in [0.3, 0.4) is 0 Å². The molecule has 0 aliphatic rings. The predicted molar refractivity (Wildman–Crippen MR) is 80.6 cm³/mol. The van der Waals surface area contributed by atoms with Crippen molar-refractivity contribution in [2.45, 2.75) is 13.5 Å². The van der Waals surface area contributed by atoms with Gasteiger partial charge in [0.25, 0.3) is 0 Å². The highest BCUT2D eigenvalue weighted by molar-refractivity contribution is 5.90. The van der Waals surface area contributed by atoms with E-state index >= 15 is 0 Å². The number of ether oxygens (including phenoxy) is 2. The van der Waals surface area contributed by atoms with Crippen LogP contribution >= 0.6 is 0 Å². The molecule has 1 aromatic heterocycles. The van der Waals surface area contributed by atoms with Crippen molar-refractivity contribution in [2.24, 2.45) is 0 Å². The zero-order chi connectivity index (χ0) is 16.7. The molecular formula is C15H24N2O5. The van der Waals surface area contributed by atoms with Gasteiger partial charge < -0.3 is 18.8 Å². The number of aryl methyl sites for hydroxylation is 1. The van der Waals surface area contributed by atoms with Gasteiger partial charge in [-0.1, -0.05) is 0 Å². The molecule has 0 N–H and O–H groups in total. The summed E-state index contributed by atoms with van der Waals surface area (Å²) in [6.45, 7) is 3.47. The normalized spacial score (nSPS) is 10.8. The second-order valence-corrected chi connectivity index (χ2v) is 5.17. The molecule has 0 spiro atoms. The maximum Gasteiger partial charge on any atom is 0.341 e. The number of carbonyl (C=O) groups excluding carboxylic acids is 2. The van der Waals surface area contributed by atoms with Gasteiger partial charge in [-0.25, -0.2) is 4.79 Å². The number of hydrogen-bond donors (Lipinski definition) is 0. The highest BCUT2D eigenvalue weighted by Gasteiger charge is 2.19. The Bertz CT molecular complexity index is 510. The van der Waals surface area contributed by atoms with Gasteiger partial charge in [-0.05, 0) is 13.0 Å². The molecule has 0 aliphatic carbocycles. The number of furan rings is 1. The lowest BCUT2D eigenvalue weighted by Gasteiger charge is -2.22. The van der Waals surface area contributed by atoms with Crippen molar-refractivity contribution in [1.82, 2.24) is 9.80 Å². The van der Waals surface area contributed by atoms with Crippen molar-refractivity contribution in [1.29, 1.82) is 0 Å². The number of hydrogen-bond acceptors (Lipinski definition) is 6. The molecular weight excluding hydrogens is 288 g/mol. The average molecular weight is 312 g/mol. The molecule has 22 heavy (non-hydrogen) atoms. The Kier molecular flexibility index (Phi) is 7.07. The molecule has 124 valence electrons. The third kappa shape index (κ3) is 5.16. The Labute approximate surface area is 130 Å². The summed E-state index contributed by atoms with van der Waals surface area (Å²) in [6, 6.07) is 1.65. The lowest BCUT2D eigenvalue weighted by atomic mass is 10.2. The fourth-order valence-electron chi connectivity index (χ4n) is 1.92. The number of amides is 1. The van der Waals surface area contributed by atoms with Gasteiger partial charge >= 0.3 is 5.97 Å². The van der Waals surface area contributed by atoms with Crippen molar-refractivity contribution in [2.75, 3.05) is 48.0 Å². The lowest BCUT2D eigenvalue weighted by molar-refractivity contribution is -0.130. The molecule has 1 aromatic rings. The van der Waals surface area contributed by atoms with Gasteiger partial charge in [0.1, 0.15) is 17.1 Å². The summed E-state index contributed by atoms with van der Waals surface area (Å²) in [5.41, 5.74) is 0.406. The van der Waals surface area contributed by atoms with E-state index in [1.807, 2.05) is 4.90 Å². The molecule has 7 nitrogen and oxygen atoms in total. The largest absolute Gasteiger partial charge is 0.465 e. The Hall–Kier alpha value is -1.86. The first-order valence-electron chi connectivity index (χ1n) is 6.98. The van der Waals surface area contributed by atoms with Crippen LogP contribution in [0.15, 0.2) is 10.5 Å². The molecule has 0 bridgehead atoms. The third-order valence-electron chi connectivity index (χ3n) is 3.22. The van der Waals surface area contributed by atoms with E-state index in [1.54, 1.807) is 34.2 Å². The Morgan fingerprint density at radius 1 is 1.27 bits per heavy atom. The first-order chi connectivity index (χ1) is 10.4. The summed E-state index contributed by atoms with van der Waals surface area (Å²) in [6.07, 6.45) is 0. The third-order valence-corrected chi connectivity index (χ3v) is 3.22. The minimum atomic E-state index is -0.430. The molecule has 0 atom stereocenters. The van der Waals surface area contributed by atoms with Crippen LogP contribution in [0.4, 0.5) is 0 Å². The number of nitrogens with zero attached hydrogens (tertiary/aromatic N) is 2. The van der Waals surface area contributed by atoms with Gasteiger partial charge in [-0.15, -0.1) is 0 Å². The van der Waals surface area contributed by atoms with E-state index in [0.717, 1.165) is 0 Å². The van der Waals surface area contributed by atoms with Crippen molar-refractivity contribution in [3.8, 4) is 0 Å². The highest BCUT2D eigenvalue weighted by atomic mass is 16.5. The van der Waals surface area contributed by atoms with E-state index in [9.17, 15) is 9.59 Å². The van der Waals surface area contributed by atoms with E-state index in [4.69, 9.17) is 13.9 Å². The molecule has 0 saturated carbocycles. The van der Waals surface area contributed by atoms with Gasteiger partial charge in [0.15, 0.2) is 0 Å². The van der Waals surface area contributed by atoms with Crippen LogP contribution in [0.25, 0.3) is 0 Å². The summed E-state index contributed by atoms with van der Waals surface area (Å²) >= 11 is 0.